The molecule has 0 spiro atoms. The first-order valence-electron chi connectivity index (χ1n) is 6.71. The molecule has 0 aromatic rings. The Hall–Kier alpha value is 0.217. The summed E-state index contributed by atoms with van der Waals surface area (Å²) in [6, 6.07) is 1.52. The van der Waals surface area contributed by atoms with Crippen molar-refractivity contribution in [2.75, 3.05) is 0 Å². The van der Waals surface area contributed by atoms with Gasteiger partial charge in [0.15, 0.2) is 0 Å². The van der Waals surface area contributed by atoms with Gasteiger partial charge in [0.05, 0.1) is 0 Å². The van der Waals surface area contributed by atoms with Gasteiger partial charge in [-0.2, -0.15) is 0 Å². The Morgan fingerprint density at radius 3 is 1.67 bits per heavy atom. The van der Waals surface area contributed by atoms with E-state index in [-0.39, 0.29) is 0 Å². The van der Waals surface area contributed by atoms with Gasteiger partial charge in [0.1, 0.15) is 0 Å². The Balaban J connectivity index is 3.20. The maximum absolute atomic E-state index is 2.48. The largest absolute Gasteiger partial charge is 0.0695 e. The number of rotatable bonds is 7. The van der Waals surface area contributed by atoms with Crippen LogP contribution in [0.25, 0.3) is 0 Å². The third kappa shape index (κ3) is 14.2. The van der Waals surface area contributed by atoms with Gasteiger partial charge in [-0.1, -0.05) is 78.6 Å². The first-order valence-corrected chi connectivity index (χ1v) is 10.4. The van der Waals surface area contributed by atoms with Crippen LogP contribution in [0.15, 0.2) is 0 Å². The molecule has 0 aliphatic carbocycles. The molecule has 0 saturated heterocycles. The van der Waals surface area contributed by atoms with Gasteiger partial charge < -0.3 is 0 Å². The molecule has 0 aliphatic rings. The number of hydrogen-bond acceptors (Lipinski definition) is 0. The van der Waals surface area contributed by atoms with Crippen LogP contribution in [-0.4, -0.2) is 8.07 Å². The third-order valence-electron chi connectivity index (χ3n) is 2.85. The maximum Gasteiger partial charge on any atom is 0.0442 e. The normalized spacial score (nSPS) is 13.2. The van der Waals surface area contributed by atoms with Crippen molar-refractivity contribution in [3.8, 4) is 0 Å². The molecular formula is C14H32Si. The zero-order valence-electron chi connectivity index (χ0n) is 11.9. The van der Waals surface area contributed by atoms with E-state index in [1.165, 1.54) is 44.6 Å². The Kier molecular flexibility index (Phi) is 6.82. The molecule has 0 unspecified atom stereocenters. The van der Waals surface area contributed by atoms with E-state index in [0.717, 1.165) is 0 Å². The van der Waals surface area contributed by atoms with Gasteiger partial charge in [0.25, 0.3) is 0 Å². The predicted octanol–water partition coefficient (Wildman–Crippen LogP) is 5.71. The summed E-state index contributed by atoms with van der Waals surface area (Å²) in [5.41, 5.74) is 0.540. The molecule has 0 aromatic carbocycles. The molecule has 0 amide bonds. The summed E-state index contributed by atoms with van der Waals surface area (Å²) in [6.45, 7) is 14.5. The second-order valence-corrected chi connectivity index (χ2v) is 13.0. The highest BCUT2D eigenvalue weighted by atomic mass is 28.3. The Bertz CT molecular complexity index is 130. The van der Waals surface area contributed by atoms with Crippen LogP contribution in [0.5, 0.6) is 0 Å². The minimum Gasteiger partial charge on any atom is -0.0695 e. The van der Waals surface area contributed by atoms with Crippen molar-refractivity contribution >= 4 is 8.07 Å². The van der Waals surface area contributed by atoms with Crippen LogP contribution in [0.3, 0.4) is 0 Å². The van der Waals surface area contributed by atoms with Crippen LogP contribution < -0.4 is 0 Å². The molecule has 92 valence electrons. The molecule has 1 heteroatoms. The molecule has 0 bridgehead atoms. The standard InChI is InChI=1S/C14H32Si/c1-14(2,3)12-10-8-7-9-11-13-15(4,5)6/h7-13H2,1-6H3. The lowest BCUT2D eigenvalue weighted by Gasteiger charge is -2.18. The summed E-state index contributed by atoms with van der Waals surface area (Å²) in [5, 5.41) is 0. The highest BCUT2D eigenvalue weighted by Gasteiger charge is 2.11. The molecule has 0 rings (SSSR count). The predicted molar refractivity (Wildman–Crippen MR) is 75.3 cm³/mol. The number of unbranched alkanes of at least 4 members (excludes halogenated alkanes) is 4. The first kappa shape index (κ1) is 15.2. The van der Waals surface area contributed by atoms with Gasteiger partial charge >= 0.3 is 0 Å². The summed E-state index contributed by atoms with van der Waals surface area (Å²) >= 11 is 0. The number of hydrogen-bond donors (Lipinski definition) is 0. The van der Waals surface area contributed by atoms with Gasteiger partial charge in [0.2, 0.25) is 0 Å². The Morgan fingerprint density at radius 1 is 0.733 bits per heavy atom. The van der Waals surface area contributed by atoms with Crippen LogP contribution in [0.1, 0.15) is 59.3 Å². The molecule has 0 atom stereocenters. The molecule has 0 saturated carbocycles. The molecule has 0 aliphatic heterocycles. The average molecular weight is 228 g/mol. The monoisotopic (exact) mass is 228 g/mol. The molecule has 0 heterocycles. The van der Waals surface area contributed by atoms with Crippen molar-refractivity contribution in [2.24, 2.45) is 5.41 Å². The van der Waals surface area contributed by atoms with Crippen molar-refractivity contribution < 1.29 is 0 Å². The maximum atomic E-state index is 2.48. The Labute approximate surface area is 98.9 Å². The fourth-order valence-electron chi connectivity index (χ4n) is 1.84. The lowest BCUT2D eigenvalue weighted by Crippen LogP contribution is -2.18. The second kappa shape index (κ2) is 6.73. The molecule has 0 nitrogen and oxygen atoms in total. The van der Waals surface area contributed by atoms with Crippen molar-refractivity contribution in [1.82, 2.24) is 0 Å². The minimum atomic E-state index is -0.756. The first-order chi connectivity index (χ1) is 6.71. The van der Waals surface area contributed by atoms with E-state index in [2.05, 4.69) is 40.4 Å². The molecule has 0 aromatic heterocycles. The van der Waals surface area contributed by atoms with Gasteiger partial charge in [0, 0.05) is 8.07 Å². The van der Waals surface area contributed by atoms with Gasteiger partial charge in [-0.05, 0) is 11.8 Å². The van der Waals surface area contributed by atoms with Gasteiger partial charge in [-0.25, -0.2) is 0 Å². The minimum absolute atomic E-state index is 0.540. The highest BCUT2D eigenvalue weighted by molar-refractivity contribution is 6.76. The van der Waals surface area contributed by atoms with E-state index in [4.69, 9.17) is 0 Å². The highest BCUT2D eigenvalue weighted by Crippen LogP contribution is 2.23. The van der Waals surface area contributed by atoms with E-state index in [9.17, 15) is 0 Å². The van der Waals surface area contributed by atoms with Crippen LogP contribution in [0, 0.1) is 5.41 Å². The van der Waals surface area contributed by atoms with E-state index >= 15 is 0 Å². The van der Waals surface area contributed by atoms with E-state index in [1.807, 2.05) is 0 Å². The van der Waals surface area contributed by atoms with Crippen molar-refractivity contribution in [1.29, 1.82) is 0 Å². The van der Waals surface area contributed by atoms with Gasteiger partial charge in [-0.3, -0.25) is 0 Å². The molecule has 15 heavy (non-hydrogen) atoms. The van der Waals surface area contributed by atoms with Crippen LogP contribution >= 0.6 is 0 Å². The molecule has 0 fully saturated rings. The quantitative estimate of drug-likeness (QED) is 0.387. The van der Waals surface area contributed by atoms with Crippen molar-refractivity contribution in [3.05, 3.63) is 0 Å². The molecule has 0 N–H and O–H groups in total. The lowest BCUT2D eigenvalue weighted by atomic mass is 9.89. The van der Waals surface area contributed by atoms with Crippen LogP contribution in [0.2, 0.25) is 25.7 Å². The van der Waals surface area contributed by atoms with E-state index in [0.29, 0.717) is 5.41 Å². The summed E-state index contributed by atoms with van der Waals surface area (Å²) in [5.74, 6) is 0. The zero-order valence-corrected chi connectivity index (χ0v) is 12.9. The summed E-state index contributed by atoms with van der Waals surface area (Å²) in [7, 11) is -0.756. The fraction of sp³-hybridized carbons (Fsp3) is 1.00. The zero-order chi connectivity index (χ0) is 11.9. The van der Waals surface area contributed by atoms with Crippen LogP contribution in [0.4, 0.5) is 0 Å². The lowest BCUT2D eigenvalue weighted by molar-refractivity contribution is 0.357. The summed E-state index contributed by atoms with van der Waals surface area (Å²) in [4.78, 5) is 0. The van der Waals surface area contributed by atoms with Crippen LogP contribution in [-0.2, 0) is 0 Å². The average Bonchev–Trinajstić information content (AvgIpc) is 1.98. The third-order valence-corrected chi connectivity index (χ3v) is 4.71. The topological polar surface area (TPSA) is 0 Å². The molecular weight excluding hydrogens is 196 g/mol. The second-order valence-electron chi connectivity index (χ2n) is 7.39. The SMILES string of the molecule is CC(C)(C)CCCCCCC[Si](C)(C)C. The summed E-state index contributed by atoms with van der Waals surface area (Å²) in [6.07, 6.45) is 8.67. The van der Waals surface area contributed by atoms with Crippen molar-refractivity contribution in [3.63, 3.8) is 0 Å². The van der Waals surface area contributed by atoms with Crippen molar-refractivity contribution in [2.45, 2.75) is 85.0 Å². The van der Waals surface area contributed by atoms with E-state index in [1.54, 1.807) is 0 Å². The fourth-order valence-corrected chi connectivity index (χ4v) is 3.15. The van der Waals surface area contributed by atoms with E-state index < -0.39 is 8.07 Å². The summed E-state index contributed by atoms with van der Waals surface area (Å²) < 4.78 is 0. The Morgan fingerprint density at radius 2 is 1.20 bits per heavy atom. The smallest absolute Gasteiger partial charge is 0.0442 e. The van der Waals surface area contributed by atoms with Gasteiger partial charge in [-0.15, -0.1) is 0 Å². The molecule has 0 radical (unpaired) electrons.